The van der Waals surface area contributed by atoms with Crippen LogP contribution in [0, 0.1) is 23.7 Å². The summed E-state index contributed by atoms with van der Waals surface area (Å²) in [5.41, 5.74) is 0.338. The molecule has 1 saturated carbocycles. The van der Waals surface area contributed by atoms with Crippen molar-refractivity contribution in [1.29, 1.82) is 0 Å². The monoisotopic (exact) mass is 355 g/mol. The summed E-state index contributed by atoms with van der Waals surface area (Å²) < 4.78 is 9.41. The molecule has 7 heteroatoms. The van der Waals surface area contributed by atoms with Gasteiger partial charge in [-0.2, -0.15) is 0 Å². The van der Waals surface area contributed by atoms with Crippen molar-refractivity contribution in [3.8, 4) is 0 Å². The van der Waals surface area contributed by atoms with E-state index in [-0.39, 0.29) is 52.3 Å². The van der Waals surface area contributed by atoms with Crippen molar-refractivity contribution in [2.45, 2.75) is 6.42 Å². The molecule has 26 heavy (non-hydrogen) atoms. The van der Waals surface area contributed by atoms with E-state index in [0.29, 0.717) is 0 Å². The number of hydrogen-bond donors (Lipinski definition) is 0. The molecule has 0 aromatic heterocycles. The van der Waals surface area contributed by atoms with Gasteiger partial charge in [-0.1, -0.05) is 12.2 Å². The first-order valence-electron chi connectivity index (χ1n) is 8.34. The van der Waals surface area contributed by atoms with Gasteiger partial charge in [0.15, 0.2) is 0 Å². The van der Waals surface area contributed by atoms with E-state index in [9.17, 15) is 19.2 Å². The maximum absolute atomic E-state index is 12.9. The third kappa shape index (κ3) is 2.20. The van der Waals surface area contributed by atoms with Gasteiger partial charge in [0.2, 0.25) is 11.8 Å². The molecule has 4 unspecified atom stereocenters. The van der Waals surface area contributed by atoms with Crippen molar-refractivity contribution in [2.24, 2.45) is 23.7 Å². The number of allylic oxidation sites excluding steroid dienone is 2. The van der Waals surface area contributed by atoms with Gasteiger partial charge in [-0.3, -0.25) is 9.59 Å². The van der Waals surface area contributed by atoms with Crippen LogP contribution in [0.5, 0.6) is 0 Å². The van der Waals surface area contributed by atoms with Crippen LogP contribution in [0.1, 0.15) is 27.1 Å². The second-order valence-corrected chi connectivity index (χ2v) is 6.76. The number of imide groups is 1. The van der Waals surface area contributed by atoms with Gasteiger partial charge in [0, 0.05) is 0 Å². The van der Waals surface area contributed by atoms with Crippen molar-refractivity contribution < 1.29 is 28.7 Å². The van der Waals surface area contributed by atoms with E-state index >= 15 is 0 Å². The van der Waals surface area contributed by atoms with Crippen LogP contribution >= 0.6 is 0 Å². The van der Waals surface area contributed by atoms with E-state index in [1.165, 1.54) is 32.4 Å². The Bertz CT molecular complexity index is 809. The third-order valence-electron chi connectivity index (χ3n) is 5.49. The Morgan fingerprint density at radius 1 is 0.885 bits per heavy atom. The zero-order chi connectivity index (χ0) is 18.6. The number of methoxy groups -OCH3 is 2. The molecule has 3 aliphatic rings. The van der Waals surface area contributed by atoms with Crippen molar-refractivity contribution in [1.82, 2.24) is 0 Å². The van der Waals surface area contributed by atoms with Crippen LogP contribution in [0.3, 0.4) is 0 Å². The second kappa shape index (κ2) is 5.79. The molecule has 2 amide bonds. The molecule has 134 valence electrons. The van der Waals surface area contributed by atoms with Gasteiger partial charge < -0.3 is 9.47 Å². The van der Waals surface area contributed by atoms with E-state index in [1.54, 1.807) is 0 Å². The van der Waals surface area contributed by atoms with E-state index < -0.39 is 11.9 Å². The van der Waals surface area contributed by atoms with Gasteiger partial charge in [-0.15, -0.1) is 0 Å². The summed E-state index contributed by atoms with van der Waals surface area (Å²) in [6.45, 7) is 0. The zero-order valence-electron chi connectivity index (χ0n) is 14.3. The smallest absolute Gasteiger partial charge is 0.337 e. The number of amides is 2. The summed E-state index contributed by atoms with van der Waals surface area (Å²) in [4.78, 5) is 50.8. The summed E-state index contributed by atoms with van der Waals surface area (Å²) in [6.07, 6.45) is 4.84. The molecule has 2 bridgehead atoms. The van der Waals surface area contributed by atoms with Crippen molar-refractivity contribution in [2.75, 3.05) is 19.1 Å². The minimum Gasteiger partial charge on any atom is -0.465 e. The minimum atomic E-state index is -0.668. The average Bonchev–Trinajstić information content (AvgIpc) is 3.33. The first-order chi connectivity index (χ1) is 12.5. The Kier molecular flexibility index (Phi) is 3.68. The maximum atomic E-state index is 12.9. The predicted octanol–water partition coefficient (Wildman–Crippen LogP) is 1.57. The molecule has 1 aliphatic heterocycles. The Morgan fingerprint density at radius 2 is 1.35 bits per heavy atom. The van der Waals surface area contributed by atoms with Crippen LogP contribution in [0.25, 0.3) is 0 Å². The summed E-state index contributed by atoms with van der Waals surface area (Å²) >= 11 is 0. The fourth-order valence-corrected chi connectivity index (χ4v) is 4.37. The number of benzene rings is 1. The quantitative estimate of drug-likeness (QED) is 0.464. The molecule has 7 nitrogen and oxygen atoms in total. The molecule has 2 fully saturated rings. The Balaban J connectivity index is 1.78. The van der Waals surface area contributed by atoms with Gasteiger partial charge in [-0.05, 0) is 36.5 Å². The van der Waals surface area contributed by atoms with Gasteiger partial charge >= 0.3 is 11.9 Å². The van der Waals surface area contributed by atoms with Gasteiger partial charge in [0.25, 0.3) is 0 Å². The average molecular weight is 355 g/mol. The number of hydrogen-bond acceptors (Lipinski definition) is 6. The van der Waals surface area contributed by atoms with Crippen LogP contribution in [-0.4, -0.2) is 38.0 Å². The van der Waals surface area contributed by atoms with Gasteiger partial charge in [0.1, 0.15) is 0 Å². The van der Waals surface area contributed by atoms with Crippen LogP contribution in [0.15, 0.2) is 30.4 Å². The SMILES string of the molecule is COC(=O)c1cc(C(=O)OC)cc(N2C(=O)C3C4C=CC(C4)C3C2=O)c1. The standard InChI is InChI=1S/C19H17NO6/c1-25-18(23)11-6-12(19(24)26-2)8-13(7-11)20-16(21)14-9-3-4-10(5-9)15(14)17(20)22/h3-4,6-10,14-15H,5H2,1-2H3. The molecule has 0 spiro atoms. The topological polar surface area (TPSA) is 90.0 Å². The number of carbonyl (C=O) groups excluding carboxylic acids is 4. The second-order valence-electron chi connectivity index (χ2n) is 6.76. The molecular formula is C19H17NO6. The van der Waals surface area contributed by atoms with Crippen LogP contribution in [0.2, 0.25) is 0 Å². The molecule has 4 atom stereocenters. The fraction of sp³-hybridized carbons (Fsp3) is 0.368. The Labute approximate surface area is 149 Å². The summed E-state index contributed by atoms with van der Waals surface area (Å²) in [5.74, 6) is -2.47. The molecular weight excluding hydrogens is 338 g/mol. The molecule has 1 aromatic rings. The van der Waals surface area contributed by atoms with Crippen LogP contribution < -0.4 is 4.90 Å². The third-order valence-corrected chi connectivity index (χ3v) is 5.49. The lowest BCUT2D eigenvalue weighted by Gasteiger charge is -2.18. The Hall–Kier alpha value is -2.96. The van der Waals surface area contributed by atoms with Crippen molar-refractivity contribution >= 4 is 29.4 Å². The van der Waals surface area contributed by atoms with Gasteiger partial charge in [0.05, 0.1) is 42.9 Å². The lowest BCUT2D eigenvalue weighted by atomic mass is 9.85. The first-order valence-corrected chi connectivity index (χ1v) is 8.34. The number of nitrogens with zero attached hydrogens (tertiary/aromatic N) is 1. The summed E-state index contributed by atoms with van der Waals surface area (Å²) in [7, 11) is 2.43. The van der Waals surface area contributed by atoms with Crippen molar-refractivity contribution in [3.63, 3.8) is 0 Å². The Morgan fingerprint density at radius 3 is 1.77 bits per heavy atom. The van der Waals surface area contributed by atoms with Crippen LogP contribution in [0.4, 0.5) is 5.69 Å². The number of fused-ring (bicyclic) bond motifs is 5. The lowest BCUT2D eigenvalue weighted by Crippen LogP contribution is -2.33. The van der Waals surface area contributed by atoms with Crippen molar-refractivity contribution in [3.05, 3.63) is 41.5 Å². The largest absolute Gasteiger partial charge is 0.465 e. The highest BCUT2D eigenvalue weighted by Crippen LogP contribution is 2.53. The van der Waals surface area contributed by atoms with E-state index in [1.807, 2.05) is 12.2 Å². The zero-order valence-corrected chi connectivity index (χ0v) is 14.3. The first kappa shape index (κ1) is 16.5. The summed E-state index contributed by atoms with van der Waals surface area (Å²) in [5, 5.41) is 0. The van der Waals surface area contributed by atoms with Gasteiger partial charge in [-0.25, -0.2) is 14.5 Å². The normalized spacial score (nSPS) is 28.5. The molecule has 2 aliphatic carbocycles. The van der Waals surface area contributed by atoms with E-state index in [0.717, 1.165) is 11.3 Å². The summed E-state index contributed by atoms with van der Waals surface area (Å²) in [6, 6.07) is 4.10. The highest BCUT2D eigenvalue weighted by atomic mass is 16.5. The fourth-order valence-electron chi connectivity index (χ4n) is 4.37. The molecule has 0 radical (unpaired) electrons. The highest BCUT2D eigenvalue weighted by Gasteiger charge is 2.59. The van der Waals surface area contributed by atoms with E-state index in [2.05, 4.69) is 0 Å². The number of esters is 2. The lowest BCUT2D eigenvalue weighted by molar-refractivity contribution is -0.123. The highest BCUT2D eigenvalue weighted by molar-refractivity contribution is 6.23. The number of rotatable bonds is 3. The molecule has 1 heterocycles. The van der Waals surface area contributed by atoms with Crippen LogP contribution in [-0.2, 0) is 19.1 Å². The number of ether oxygens (including phenoxy) is 2. The van der Waals surface area contributed by atoms with E-state index in [4.69, 9.17) is 9.47 Å². The maximum Gasteiger partial charge on any atom is 0.337 e. The molecule has 0 N–H and O–H groups in total. The number of carbonyl (C=O) groups is 4. The molecule has 1 saturated heterocycles. The molecule has 1 aromatic carbocycles. The number of anilines is 1. The molecule has 4 rings (SSSR count). The predicted molar refractivity (Wildman–Crippen MR) is 89.3 cm³/mol. The minimum absolute atomic E-state index is 0.0733.